The smallest absolute Gasteiger partial charge is 0.237 e. The van der Waals surface area contributed by atoms with Gasteiger partial charge in [0.1, 0.15) is 0 Å². The molecule has 1 amide bonds. The lowest BCUT2D eigenvalue weighted by atomic mass is 9.90. The molecule has 0 aromatic rings. The van der Waals surface area contributed by atoms with Gasteiger partial charge in [0.2, 0.25) is 5.91 Å². The van der Waals surface area contributed by atoms with E-state index in [2.05, 4.69) is 31.0 Å². The lowest BCUT2D eigenvalue weighted by molar-refractivity contribution is -0.125. The molecule has 0 heterocycles. The Labute approximate surface area is 130 Å². The molecule has 3 N–H and O–H groups in total. The third kappa shape index (κ3) is 6.76. The number of nitrogens with one attached hydrogen (secondary N) is 1. The van der Waals surface area contributed by atoms with Crippen LogP contribution in [-0.4, -0.2) is 54.7 Å². The Hall–Kier alpha value is -0.650. The Morgan fingerprint density at radius 2 is 1.86 bits per heavy atom. The normalized spacial score (nSPS) is 17.8. The van der Waals surface area contributed by atoms with Crippen molar-refractivity contribution in [1.29, 1.82) is 0 Å². The van der Waals surface area contributed by atoms with Crippen molar-refractivity contribution in [3.05, 3.63) is 0 Å². The number of nitrogens with zero attached hydrogens (tertiary/aromatic N) is 1. The number of hydrogen-bond acceptors (Lipinski definition) is 4. The van der Waals surface area contributed by atoms with E-state index in [1.807, 2.05) is 20.8 Å². The van der Waals surface area contributed by atoms with E-state index in [1.54, 1.807) is 7.11 Å². The topological polar surface area (TPSA) is 67.6 Å². The largest absolute Gasteiger partial charge is 0.383 e. The monoisotopic (exact) mass is 301 g/mol. The van der Waals surface area contributed by atoms with E-state index >= 15 is 0 Å². The standard InChI is InChI=1S/C16H35N3O2/c1-8-13(4)19(9-10-21-7)14(5)11-16(6,15(17)20)18-12(2)3/h12-14,18H,8-11H2,1-7H3,(H2,17,20). The molecule has 0 saturated heterocycles. The van der Waals surface area contributed by atoms with E-state index in [0.717, 1.165) is 13.0 Å². The van der Waals surface area contributed by atoms with Crippen molar-refractivity contribution in [2.24, 2.45) is 5.73 Å². The first-order valence-electron chi connectivity index (χ1n) is 8.00. The SMILES string of the molecule is CCC(C)N(CCOC)C(C)CC(C)(NC(C)C)C(N)=O. The summed E-state index contributed by atoms with van der Waals surface area (Å²) in [5.74, 6) is -0.293. The minimum atomic E-state index is -0.688. The van der Waals surface area contributed by atoms with Gasteiger partial charge in [-0.25, -0.2) is 0 Å². The Bertz CT molecular complexity index is 310. The Kier molecular flexibility index (Phi) is 9.09. The highest BCUT2D eigenvalue weighted by molar-refractivity contribution is 5.84. The fraction of sp³-hybridized carbons (Fsp3) is 0.938. The Morgan fingerprint density at radius 1 is 1.29 bits per heavy atom. The van der Waals surface area contributed by atoms with Crippen molar-refractivity contribution in [2.45, 2.75) is 78.0 Å². The molecule has 0 rings (SSSR count). The summed E-state index contributed by atoms with van der Waals surface area (Å²) in [5, 5.41) is 3.32. The number of primary amides is 1. The molecule has 3 atom stereocenters. The molecule has 0 fully saturated rings. The van der Waals surface area contributed by atoms with E-state index in [1.165, 1.54) is 0 Å². The lowest BCUT2D eigenvalue weighted by Gasteiger charge is -2.39. The van der Waals surface area contributed by atoms with Crippen LogP contribution in [0.15, 0.2) is 0 Å². The van der Waals surface area contributed by atoms with Crippen LogP contribution in [0.1, 0.15) is 54.4 Å². The van der Waals surface area contributed by atoms with Gasteiger partial charge in [0.25, 0.3) is 0 Å². The van der Waals surface area contributed by atoms with E-state index in [-0.39, 0.29) is 18.0 Å². The molecule has 0 saturated carbocycles. The van der Waals surface area contributed by atoms with Gasteiger partial charge in [-0.15, -0.1) is 0 Å². The van der Waals surface area contributed by atoms with Crippen molar-refractivity contribution >= 4 is 5.91 Å². The molecular formula is C16H35N3O2. The molecule has 0 bridgehead atoms. The second-order valence-electron chi connectivity index (χ2n) is 6.54. The summed E-state index contributed by atoms with van der Waals surface area (Å²) in [5.41, 5.74) is 4.94. The van der Waals surface area contributed by atoms with Crippen LogP contribution in [0.4, 0.5) is 0 Å². The van der Waals surface area contributed by atoms with Gasteiger partial charge >= 0.3 is 0 Å². The van der Waals surface area contributed by atoms with E-state index in [9.17, 15) is 4.79 Å². The molecular weight excluding hydrogens is 266 g/mol. The molecule has 0 aliphatic heterocycles. The number of rotatable bonds is 11. The molecule has 126 valence electrons. The van der Waals surface area contributed by atoms with Crippen LogP contribution in [0.25, 0.3) is 0 Å². The van der Waals surface area contributed by atoms with E-state index in [4.69, 9.17) is 10.5 Å². The molecule has 0 radical (unpaired) electrons. The predicted molar refractivity (Wildman–Crippen MR) is 88.3 cm³/mol. The highest BCUT2D eigenvalue weighted by Crippen LogP contribution is 2.20. The van der Waals surface area contributed by atoms with E-state index < -0.39 is 5.54 Å². The van der Waals surface area contributed by atoms with Crippen LogP contribution in [0.2, 0.25) is 0 Å². The third-order valence-electron chi connectivity index (χ3n) is 4.13. The van der Waals surface area contributed by atoms with Crippen molar-refractivity contribution in [3.8, 4) is 0 Å². The van der Waals surface area contributed by atoms with Crippen LogP contribution in [0.3, 0.4) is 0 Å². The minimum absolute atomic E-state index is 0.214. The zero-order valence-electron chi connectivity index (χ0n) is 14.9. The lowest BCUT2D eigenvalue weighted by Crippen LogP contribution is -2.59. The number of carbonyl (C=O) groups excluding carboxylic acids is 1. The quantitative estimate of drug-likeness (QED) is 0.610. The predicted octanol–water partition coefficient (Wildman–Crippen LogP) is 1.75. The number of amides is 1. The maximum absolute atomic E-state index is 11.9. The van der Waals surface area contributed by atoms with Crippen LogP contribution >= 0.6 is 0 Å². The molecule has 0 aromatic carbocycles. The summed E-state index contributed by atoms with van der Waals surface area (Å²) >= 11 is 0. The molecule has 0 aliphatic carbocycles. The Balaban J connectivity index is 4.97. The van der Waals surface area contributed by atoms with Crippen LogP contribution in [0, 0.1) is 0 Å². The zero-order valence-corrected chi connectivity index (χ0v) is 14.9. The molecule has 21 heavy (non-hydrogen) atoms. The Morgan fingerprint density at radius 3 is 2.24 bits per heavy atom. The summed E-state index contributed by atoms with van der Waals surface area (Å²) < 4.78 is 5.21. The second-order valence-corrected chi connectivity index (χ2v) is 6.54. The fourth-order valence-electron chi connectivity index (χ4n) is 2.88. The van der Waals surface area contributed by atoms with Crippen LogP contribution in [-0.2, 0) is 9.53 Å². The minimum Gasteiger partial charge on any atom is -0.383 e. The van der Waals surface area contributed by atoms with Crippen molar-refractivity contribution in [1.82, 2.24) is 10.2 Å². The van der Waals surface area contributed by atoms with Gasteiger partial charge in [0.15, 0.2) is 0 Å². The number of ether oxygens (including phenoxy) is 1. The van der Waals surface area contributed by atoms with Gasteiger partial charge in [-0.1, -0.05) is 6.92 Å². The molecule has 5 heteroatoms. The highest BCUT2D eigenvalue weighted by atomic mass is 16.5. The van der Waals surface area contributed by atoms with Gasteiger partial charge in [-0.3, -0.25) is 9.69 Å². The number of nitrogens with two attached hydrogens (primary N) is 1. The van der Waals surface area contributed by atoms with Crippen molar-refractivity contribution in [3.63, 3.8) is 0 Å². The highest BCUT2D eigenvalue weighted by Gasteiger charge is 2.35. The molecule has 0 aromatic heterocycles. The van der Waals surface area contributed by atoms with Gasteiger partial charge in [-0.05, 0) is 47.5 Å². The number of methoxy groups -OCH3 is 1. The first-order valence-corrected chi connectivity index (χ1v) is 8.00. The summed E-state index contributed by atoms with van der Waals surface area (Å²) in [6.07, 6.45) is 1.76. The fourth-order valence-corrected chi connectivity index (χ4v) is 2.88. The van der Waals surface area contributed by atoms with Crippen molar-refractivity contribution < 1.29 is 9.53 Å². The third-order valence-corrected chi connectivity index (χ3v) is 4.13. The van der Waals surface area contributed by atoms with Crippen molar-refractivity contribution in [2.75, 3.05) is 20.3 Å². The number of hydrogen-bond donors (Lipinski definition) is 2. The number of carbonyl (C=O) groups is 1. The molecule has 3 unspecified atom stereocenters. The summed E-state index contributed by atoms with van der Waals surface area (Å²) in [6, 6.07) is 0.913. The summed E-state index contributed by atoms with van der Waals surface area (Å²) in [7, 11) is 1.72. The van der Waals surface area contributed by atoms with Gasteiger partial charge in [0.05, 0.1) is 12.1 Å². The van der Waals surface area contributed by atoms with Gasteiger partial charge in [-0.2, -0.15) is 0 Å². The summed E-state index contributed by atoms with van der Waals surface area (Å²) in [4.78, 5) is 14.3. The van der Waals surface area contributed by atoms with Gasteiger partial charge < -0.3 is 15.8 Å². The maximum Gasteiger partial charge on any atom is 0.237 e. The molecule has 5 nitrogen and oxygen atoms in total. The van der Waals surface area contributed by atoms with Crippen LogP contribution < -0.4 is 11.1 Å². The zero-order chi connectivity index (χ0) is 16.6. The first kappa shape index (κ1) is 20.3. The van der Waals surface area contributed by atoms with Crippen LogP contribution in [0.5, 0.6) is 0 Å². The maximum atomic E-state index is 11.9. The average molecular weight is 301 g/mol. The first-order chi connectivity index (χ1) is 9.67. The second kappa shape index (κ2) is 9.38. The van der Waals surface area contributed by atoms with Gasteiger partial charge in [0, 0.05) is 31.8 Å². The molecule has 0 aliphatic rings. The average Bonchev–Trinajstić information content (AvgIpc) is 2.37. The summed E-state index contributed by atoms with van der Waals surface area (Å²) in [6.45, 7) is 14.1. The van der Waals surface area contributed by atoms with E-state index in [0.29, 0.717) is 19.1 Å². The molecule has 0 spiro atoms.